The summed E-state index contributed by atoms with van der Waals surface area (Å²) in [6.07, 6.45) is 2.63. The molecular formula is C16H33IN4O3S. The number of nitrogens with zero attached hydrogens (tertiary/aromatic N) is 3. The van der Waals surface area contributed by atoms with E-state index in [0.717, 1.165) is 44.7 Å². The van der Waals surface area contributed by atoms with E-state index in [4.69, 9.17) is 4.74 Å². The van der Waals surface area contributed by atoms with Crippen molar-refractivity contribution in [1.29, 1.82) is 0 Å². The zero-order chi connectivity index (χ0) is 17.4. The van der Waals surface area contributed by atoms with Crippen molar-refractivity contribution < 1.29 is 13.2 Å². The van der Waals surface area contributed by atoms with Gasteiger partial charge in [-0.3, -0.25) is 9.89 Å². The monoisotopic (exact) mass is 488 g/mol. The Kier molecular flexibility index (Phi) is 10.6. The number of hydrogen-bond donors (Lipinski definition) is 1. The van der Waals surface area contributed by atoms with Gasteiger partial charge >= 0.3 is 0 Å². The lowest BCUT2D eigenvalue weighted by Crippen LogP contribution is -2.43. The van der Waals surface area contributed by atoms with Crippen LogP contribution in [0.4, 0.5) is 0 Å². The molecule has 7 nitrogen and oxygen atoms in total. The smallest absolute Gasteiger partial charge is 0.193 e. The Labute approximate surface area is 169 Å². The number of halogens is 1. The summed E-state index contributed by atoms with van der Waals surface area (Å²) in [6.45, 7) is 8.04. The highest BCUT2D eigenvalue weighted by Crippen LogP contribution is 2.28. The van der Waals surface area contributed by atoms with Gasteiger partial charge in [0.2, 0.25) is 0 Å². The summed E-state index contributed by atoms with van der Waals surface area (Å²) in [6, 6.07) is 0. The summed E-state index contributed by atoms with van der Waals surface area (Å²) in [4.78, 5) is 8.92. The Morgan fingerprint density at radius 1 is 1.32 bits per heavy atom. The number of sulfone groups is 1. The molecule has 25 heavy (non-hydrogen) atoms. The Hall–Kier alpha value is -0.130. The lowest BCUT2D eigenvalue weighted by atomic mass is 10.4. The molecule has 0 radical (unpaired) electrons. The van der Waals surface area contributed by atoms with E-state index >= 15 is 0 Å². The topological polar surface area (TPSA) is 74.2 Å². The molecule has 1 aliphatic carbocycles. The van der Waals surface area contributed by atoms with Gasteiger partial charge in [0.15, 0.2) is 15.8 Å². The first kappa shape index (κ1) is 22.9. The van der Waals surface area contributed by atoms with Crippen LogP contribution in [0.15, 0.2) is 4.99 Å². The highest BCUT2D eigenvalue weighted by molar-refractivity contribution is 14.0. The van der Waals surface area contributed by atoms with Crippen LogP contribution in [0.3, 0.4) is 0 Å². The van der Waals surface area contributed by atoms with Crippen molar-refractivity contribution in [3.8, 4) is 0 Å². The summed E-state index contributed by atoms with van der Waals surface area (Å²) >= 11 is 0. The summed E-state index contributed by atoms with van der Waals surface area (Å²) < 4.78 is 28.6. The molecule has 2 fully saturated rings. The third-order valence-electron chi connectivity index (χ3n) is 4.43. The van der Waals surface area contributed by atoms with Crippen molar-refractivity contribution in [2.75, 3.05) is 71.0 Å². The zero-order valence-corrected chi connectivity index (χ0v) is 18.6. The van der Waals surface area contributed by atoms with Crippen LogP contribution in [0.1, 0.15) is 19.8 Å². The maximum absolute atomic E-state index is 11.4. The van der Waals surface area contributed by atoms with E-state index in [-0.39, 0.29) is 35.5 Å². The third kappa shape index (κ3) is 9.39. The third-order valence-corrected chi connectivity index (χ3v) is 6.04. The van der Waals surface area contributed by atoms with Gasteiger partial charge in [-0.2, -0.15) is 0 Å². The van der Waals surface area contributed by atoms with E-state index in [1.165, 1.54) is 12.8 Å². The highest BCUT2D eigenvalue weighted by Gasteiger charge is 2.22. The van der Waals surface area contributed by atoms with Gasteiger partial charge in [-0.25, -0.2) is 8.42 Å². The van der Waals surface area contributed by atoms with Gasteiger partial charge < -0.3 is 15.0 Å². The van der Waals surface area contributed by atoms with Crippen LogP contribution in [0.2, 0.25) is 0 Å². The summed E-state index contributed by atoms with van der Waals surface area (Å²) in [5, 5.41) is 3.30. The first-order valence-corrected chi connectivity index (χ1v) is 10.8. The fourth-order valence-corrected chi connectivity index (χ4v) is 3.86. The van der Waals surface area contributed by atoms with E-state index in [2.05, 4.69) is 27.0 Å². The second kappa shape index (κ2) is 11.6. The molecule has 0 amide bonds. The van der Waals surface area contributed by atoms with Gasteiger partial charge in [0.05, 0.1) is 24.7 Å². The minimum atomic E-state index is -2.81. The van der Waals surface area contributed by atoms with Gasteiger partial charge in [0, 0.05) is 46.4 Å². The first-order chi connectivity index (χ1) is 11.5. The van der Waals surface area contributed by atoms with Crippen LogP contribution in [0.25, 0.3) is 0 Å². The molecule has 1 saturated carbocycles. The van der Waals surface area contributed by atoms with Gasteiger partial charge in [-0.1, -0.05) is 0 Å². The predicted molar refractivity (Wildman–Crippen MR) is 113 cm³/mol. The molecule has 148 valence electrons. The van der Waals surface area contributed by atoms with Crippen LogP contribution in [-0.2, 0) is 14.6 Å². The average Bonchev–Trinajstić information content (AvgIpc) is 3.36. The molecule has 0 aromatic rings. The van der Waals surface area contributed by atoms with Crippen molar-refractivity contribution in [3.63, 3.8) is 0 Å². The molecular weight excluding hydrogens is 455 g/mol. The average molecular weight is 488 g/mol. The maximum Gasteiger partial charge on any atom is 0.193 e. The van der Waals surface area contributed by atoms with E-state index in [1.807, 2.05) is 7.05 Å². The minimum absolute atomic E-state index is 0. The summed E-state index contributed by atoms with van der Waals surface area (Å²) in [7, 11) is -0.782. The SMILES string of the molecule is CCNC(=NCCN1CCS(=O)(=O)CC1)N(C)CCOCC1CC1.I. The van der Waals surface area contributed by atoms with Gasteiger partial charge in [0.1, 0.15) is 0 Å². The van der Waals surface area contributed by atoms with Crippen LogP contribution in [0.5, 0.6) is 0 Å². The number of aliphatic imine (C=N–C) groups is 1. The Morgan fingerprint density at radius 2 is 2.00 bits per heavy atom. The molecule has 1 aliphatic heterocycles. The fraction of sp³-hybridized carbons (Fsp3) is 0.938. The van der Waals surface area contributed by atoms with Crippen molar-refractivity contribution in [1.82, 2.24) is 15.1 Å². The van der Waals surface area contributed by atoms with Crippen LogP contribution < -0.4 is 5.32 Å². The number of hydrogen-bond acceptors (Lipinski definition) is 5. The van der Waals surface area contributed by atoms with Gasteiger partial charge in [0.25, 0.3) is 0 Å². The molecule has 0 atom stereocenters. The Morgan fingerprint density at radius 3 is 2.60 bits per heavy atom. The Bertz CT molecular complexity index is 498. The number of guanidine groups is 1. The van der Waals surface area contributed by atoms with Crippen molar-refractivity contribution in [3.05, 3.63) is 0 Å². The minimum Gasteiger partial charge on any atom is -0.379 e. The lowest BCUT2D eigenvalue weighted by Gasteiger charge is -2.26. The van der Waals surface area contributed by atoms with Gasteiger partial charge in [-0.05, 0) is 25.7 Å². The standard InChI is InChI=1S/C16H32N4O3S.HI/c1-3-17-16(19(2)8-11-23-14-15-4-5-15)18-6-7-20-9-12-24(21,22)13-10-20;/h15H,3-14H2,1-2H3,(H,17,18);1H. The van der Waals surface area contributed by atoms with E-state index in [9.17, 15) is 8.42 Å². The van der Waals surface area contributed by atoms with E-state index in [1.54, 1.807) is 0 Å². The van der Waals surface area contributed by atoms with Crippen LogP contribution >= 0.6 is 24.0 Å². The van der Waals surface area contributed by atoms with Crippen molar-refractivity contribution in [2.45, 2.75) is 19.8 Å². The summed E-state index contributed by atoms with van der Waals surface area (Å²) in [5.74, 6) is 2.23. The molecule has 0 aromatic carbocycles. The Balaban J connectivity index is 0.00000312. The molecule has 1 N–H and O–H groups in total. The molecule has 1 saturated heterocycles. The normalized spacial score (nSPS) is 20.8. The number of ether oxygens (including phenoxy) is 1. The van der Waals surface area contributed by atoms with E-state index in [0.29, 0.717) is 19.6 Å². The quantitative estimate of drug-likeness (QED) is 0.223. The second-order valence-electron chi connectivity index (χ2n) is 6.67. The molecule has 0 unspecified atom stereocenters. The predicted octanol–water partition coefficient (Wildman–Crippen LogP) is 0.659. The number of likely N-dealkylation sites (N-methyl/N-ethyl adjacent to an activating group) is 1. The molecule has 0 spiro atoms. The van der Waals surface area contributed by atoms with Crippen molar-refractivity contribution >= 4 is 39.8 Å². The molecule has 0 aromatic heterocycles. The zero-order valence-electron chi connectivity index (χ0n) is 15.4. The van der Waals surface area contributed by atoms with Gasteiger partial charge in [-0.15, -0.1) is 24.0 Å². The fourth-order valence-electron chi connectivity index (χ4n) is 2.58. The summed E-state index contributed by atoms with van der Waals surface area (Å²) in [5.41, 5.74) is 0. The lowest BCUT2D eigenvalue weighted by molar-refractivity contribution is 0.115. The number of rotatable bonds is 9. The van der Waals surface area contributed by atoms with Crippen molar-refractivity contribution in [2.24, 2.45) is 10.9 Å². The molecule has 2 rings (SSSR count). The van der Waals surface area contributed by atoms with Crippen LogP contribution in [-0.4, -0.2) is 95.2 Å². The molecule has 0 bridgehead atoms. The molecule has 1 heterocycles. The molecule has 2 aliphatic rings. The number of nitrogens with one attached hydrogen (secondary N) is 1. The maximum atomic E-state index is 11.4. The highest BCUT2D eigenvalue weighted by atomic mass is 127. The van der Waals surface area contributed by atoms with E-state index < -0.39 is 9.84 Å². The first-order valence-electron chi connectivity index (χ1n) is 9.00. The van der Waals surface area contributed by atoms with Crippen LogP contribution in [0, 0.1) is 5.92 Å². The molecule has 9 heteroatoms. The largest absolute Gasteiger partial charge is 0.379 e. The second-order valence-corrected chi connectivity index (χ2v) is 8.97.